The molecule has 0 unspecified atom stereocenters. The molecule has 2 heteroatoms. The molecule has 0 radical (unpaired) electrons. The summed E-state index contributed by atoms with van der Waals surface area (Å²) in [4.78, 5) is 1.39. The Morgan fingerprint density at radius 1 is 1.33 bits per heavy atom. The molecule has 0 N–H and O–H groups in total. The van der Waals surface area contributed by atoms with Gasteiger partial charge in [0.25, 0.3) is 0 Å². The normalized spacial score (nSPS) is 18.6. The van der Waals surface area contributed by atoms with Crippen LogP contribution in [0.4, 0.5) is 0 Å². The predicted molar refractivity (Wildman–Crippen MR) is 67.1 cm³/mol. The van der Waals surface area contributed by atoms with E-state index >= 15 is 0 Å². The Morgan fingerprint density at radius 3 is 2.73 bits per heavy atom. The minimum atomic E-state index is 0.115. The fourth-order valence-corrected chi connectivity index (χ4v) is 2.81. The number of hydrogen-bond donors (Lipinski definition) is 0. The monoisotopic (exact) mass is 219 g/mol. The highest BCUT2D eigenvalue weighted by Crippen LogP contribution is 2.39. The third-order valence-corrected chi connectivity index (χ3v) is 4.02. The maximum Gasteiger partial charge on any atom is 0.0485 e. The lowest BCUT2D eigenvalue weighted by Crippen LogP contribution is -2.12. The quantitative estimate of drug-likeness (QED) is 0.695. The van der Waals surface area contributed by atoms with Crippen molar-refractivity contribution in [1.82, 2.24) is 4.37 Å². The van der Waals surface area contributed by atoms with Crippen LogP contribution in [0.3, 0.4) is 0 Å². The summed E-state index contributed by atoms with van der Waals surface area (Å²) >= 11 is 1.62. The zero-order valence-corrected chi connectivity index (χ0v) is 10.6. The van der Waals surface area contributed by atoms with Crippen LogP contribution in [-0.2, 0) is 5.41 Å². The van der Waals surface area contributed by atoms with Crippen molar-refractivity contribution in [3.8, 4) is 0 Å². The van der Waals surface area contributed by atoms with Gasteiger partial charge in [0.05, 0.1) is 0 Å². The molecule has 1 aliphatic carbocycles. The summed E-state index contributed by atoms with van der Waals surface area (Å²) in [6, 6.07) is 0. The molecule has 80 valence electrons. The third kappa shape index (κ3) is 1.78. The highest BCUT2D eigenvalue weighted by atomic mass is 32.1. The zero-order chi connectivity index (χ0) is 11.1. The summed E-state index contributed by atoms with van der Waals surface area (Å²) in [6.45, 7) is 8.97. The largest absolute Gasteiger partial charge is 0.200 e. The van der Waals surface area contributed by atoms with E-state index in [-0.39, 0.29) is 5.41 Å². The first-order valence-electron chi connectivity index (χ1n) is 5.37. The van der Waals surface area contributed by atoms with E-state index in [0.717, 1.165) is 0 Å². The summed E-state index contributed by atoms with van der Waals surface area (Å²) in [5.74, 6) is 0.554. The summed E-state index contributed by atoms with van der Waals surface area (Å²) in [6.07, 6.45) is 8.69. The van der Waals surface area contributed by atoms with Crippen molar-refractivity contribution in [2.24, 2.45) is 5.92 Å². The number of allylic oxidation sites excluding steroid dienone is 4. The topological polar surface area (TPSA) is 12.9 Å². The van der Waals surface area contributed by atoms with Crippen LogP contribution in [0.2, 0.25) is 0 Å². The molecule has 0 amide bonds. The fourth-order valence-electron chi connectivity index (χ4n) is 1.97. The van der Waals surface area contributed by atoms with E-state index in [9.17, 15) is 0 Å². The standard InChI is InChI=1S/C13H17NS/c1-9(2)10-6-5-7-13(3,4)12-11(10)8-14-15-12/h5-9H,1-4H3. The second-order valence-corrected chi connectivity index (χ2v) is 5.73. The van der Waals surface area contributed by atoms with Crippen LogP contribution in [0.1, 0.15) is 38.1 Å². The Bertz CT molecular complexity index is 421. The van der Waals surface area contributed by atoms with Crippen molar-refractivity contribution < 1.29 is 0 Å². The minimum absolute atomic E-state index is 0.115. The SMILES string of the molecule is CC(C)C1=CC=CC(C)(C)c2sncc21. The highest BCUT2D eigenvalue weighted by molar-refractivity contribution is 7.06. The Balaban J connectivity index is 2.59. The molecule has 1 heterocycles. The summed E-state index contributed by atoms with van der Waals surface area (Å²) in [5.41, 5.74) is 2.86. The molecule has 0 atom stereocenters. The van der Waals surface area contributed by atoms with Gasteiger partial charge in [-0.25, -0.2) is 4.37 Å². The molecule has 0 saturated heterocycles. The highest BCUT2D eigenvalue weighted by Gasteiger charge is 2.26. The summed E-state index contributed by atoms with van der Waals surface area (Å²) in [7, 11) is 0. The van der Waals surface area contributed by atoms with Crippen molar-refractivity contribution in [2.75, 3.05) is 0 Å². The van der Waals surface area contributed by atoms with E-state index in [1.54, 1.807) is 11.5 Å². The van der Waals surface area contributed by atoms with Crippen LogP contribution < -0.4 is 0 Å². The smallest absolute Gasteiger partial charge is 0.0485 e. The molecule has 0 bridgehead atoms. The van der Waals surface area contributed by atoms with Crippen molar-refractivity contribution in [3.05, 3.63) is 34.9 Å². The van der Waals surface area contributed by atoms with E-state index in [0.29, 0.717) is 5.92 Å². The average molecular weight is 219 g/mol. The number of fused-ring (bicyclic) bond motifs is 1. The van der Waals surface area contributed by atoms with Gasteiger partial charge in [0, 0.05) is 22.1 Å². The van der Waals surface area contributed by atoms with Crippen molar-refractivity contribution >= 4 is 17.1 Å². The van der Waals surface area contributed by atoms with E-state index < -0.39 is 0 Å². The maximum atomic E-state index is 4.34. The van der Waals surface area contributed by atoms with Crippen molar-refractivity contribution in [3.63, 3.8) is 0 Å². The first kappa shape index (κ1) is 10.6. The number of nitrogens with zero attached hydrogens (tertiary/aromatic N) is 1. The Labute approximate surface area is 95.7 Å². The Morgan fingerprint density at radius 2 is 2.07 bits per heavy atom. The van der Waals surface area contributed by atoms with Crippen LogP contribution in [-0.4, -0.2) is 4.37 Å². The van der Waals surface area contributed by atoms with Gasteiger partial charge in [-0.15, -0.1) is 0 Å². The second-order valence-electron chi connectivity index (χ2n) is 4.93. The molecular weight excluding hydrogens is 202 g/mol. The van der Waals surface area contributed by atoms with E-state index in [4.69, 9.17) is 0 Å². The van der Waals surface area contributed by atoms with Gasteiger partial charge < -0.3 is 0 Å². The van der Waals surface area contributed by atoms with Gasteiger partial charge in [0.1, 0.15) is 0 Å². The van der Waals surface area contributed by atoms with Crippen LogP contribution in [0.5, 0.6) is 0 Å². The molecule has 0 spiro atoms. The Kier molecular flexibility index (Phi) is 2.55. The first-order valence-corrected chi connectivity index (χ1v) is 6.14. The van der Waals surface area contributed by atoms with Crippen LogP contribution in [0.15, 0.2) is 24.4 Å². The molecule has 2 rings (SSSR count). The molecule has 1 aliphatic rings. The maximum absolute atomic E-state index is 4.34. The Hall–Kier alpha value is -0.890. The van der Waals surface area contributed by atoms with Gasteiger partial charge in [-0.3, -0.25) is 0 Å². The van der Waals surface area contributed by atoms with Gasteiger partial charge in [0.15, 0.2) is 0 Å². The van der Waals surface area contributed by atoms with Crippen molar-refractivity contribution in [2.45, 2.75) is 33.1 Å². The van der Waals surface area contributed by atoms with Crippen LogP contribution in [0.25, 0.3) is 5.57 Å². The molecule has 0 aliphatic heterocycles. The zero-order valence-electron chi connectivity index (χ0n) is 9.74. The van der Waals surface area contributed by atoms with Gasteiger partial charge in [-0.1, -0.05) is 45.9 Å². The van der Waals surface area contributed by atoms with Crippen LogP contribution >= 0.6 is 11.5 Å². The summed E-state index contributed by atoms with van der Waals surface area (Å²) < 4.78 is 4.34. The van der Waals surface area contributed by atoms with E-state index in [1.165, 1.54) is 16.0 Å². The van der Waals surface area contributed by atoms with Gasteiger partial charge >= 0.3 is 0 Å². The molecule has 15 heavy (non-hydrogen) atoms. The molecular formula is C13H17NS. The van der Waals surface area contributed by atoms with Gasteiger partial charge in [-0.2, -0.15) is 0 Å². The lowest BCUT2D eigenvalue weighted by atomic mass is 9.87. The average Bonchev–Trinajstić information content (AvgIpc) is 2.56. The number of hydrogen-bond acceptors (Lipinski definition) is 2. The summed E-state index contributed by atoms with van der Waals surface area (Å²) in [5, 5.41) is 0. The number of aromatic nitrogens is 1. The van der Waals surface area contributed by atoms with Crippen LogP contribution in [0, 0.1) is 5.92 Å². The van der Waals surface area contributed by atoms with E-state index in [1.807, 2.05) is 6.20 Å². The van der Waals surface area contributed by atoms with E-state index in [2.05, 4.69) is 50.3 Å². The molecule has 0 aromatic carbocycles. The lowest BCUT2D eigenvalue weighted by molar-refractivity contribution is 0.684. The predicted octanol–water partition coefficient (Wildman–Crippen LogP) is 4.03. The molecule has 1 aromatic rings. The third-order valence-electron chi connectivity index (χ3n) is 2.88. The second kappa shape index (κ2) is 3.60. The first-order chi connectivity index (χ1) is 7.02. The minimum Gasteiger partial charge on any atom is -0.200 e. The lowest BCUT2D eigenvalue weighted by Gasteiger charge is -2.19. The molecule has 1 aromatic heterocycles. The molecule has 0 fully saturated rings. The van der Waals surface area contributed by atoms with Gasteiger partial charge in [-0.05, 0) is 23.0 Å². The van der Waals surface area contributed by atoms with Gasteiger partial charge in [0.2, 0.25) is 0 Å². The fraction of sp³-hybridized carbons (Fsp3) is 0.462. The van der Waals surface area contributed by atoms with Crippen molar-refractivity contribution in [1.29, 1.82) is 0 Å². The molecule has 1 nitrogen and oxygen atoms in total. The number of rotatable bonds is 1. The molecule has 0 saturated carbocycles.